The maximum atomic E-state index is 13.7. The topological polar surface area (TPSA) is 124 Å². The predicted molar refractivity (Wildman–Crippen MR) is 178 cm³/mol. The smallest absolute Gasteiger partial charge is 0.272 e. The minimum Gasteiger partial charge on any atom is -0.493 e. The number of para-hydroxylation sites is 1. The summed E-state index contributed by atoms with van der Waals surface area (Å²) in [6.07, 6.45) is 2.10. The first kappa shape index (κ1) is 32.0. The number of carbonyl (C=O) groups excluding carboxylic acids is 3. The van der Waals surface area contributed by atoms with Crippen LogP contribution in [0.5, 0.6) is 23.0 Å². The van der Waals surface area contributed by atoms with Crippen molar-refractivity contribution in [3.8, 4) is 23.0 Å². The van der Waals surface area contributed by atoms with Gasteiger partial charge in [-0.05, 0) is 61.0 Å². The molecular weight excluding hydrogens is 606 g/mol. The number of thioether (sulfide) groups is 1. The summed E-state index contributed by atoms with van der Waals surface area (Å²) in [5, 5.41) is 8.16. The molecule has 0 saturated carbocycles. The molecule has 236 valence electrons. The van der Waals surface area contributed by atoms with Gasteiger partial charge in [-0.1, -0.05) is 43.3 Å². The molecule has 1 aliphatic heterocycles. The van der Waals surface area contributed by atoms with E-state index in [2.05, 4.69) is 16.0 Å². The Hall–Kier alpha value is -5.42. The van der Waals surface area contributed by atoms with E-state index in [0.29, 0.717) is 51.9 Å². The minimum absolute atomic E-state index is 0.00648. The van der Waals surface area contributed by atoms with Gasteiger partial charge in [0.15, 0.2) is 23.0 Å². The summed E-state index contributed by atoms with van der Waals surface area (Å²) in [6, 6.07) is 26.3. The Morgan fingerprint density at radius 3 is 2.37 bits per heavy atom. The summed E-state index contributed by atoms with van der Waals surface area (Å²) in [7, 11) is 3.02. The molecular formula is C35H33N3O7S. The van der Waals surface area contributed by atoms with Crippen LogP contribution in [0.1, 0.15) is 29.3 Å². The molecule has 0 fully saturated rings. The van der Waals surface area contributed by atoms with Gasteiger partial charge in [0.25, 0.3) is 11.8 Å². The fraction of sp³-hybridized carbons (Fsp3) is 0.171. The Morgan fingerprint density at radius 1 is 0.848 bits per heavy atom. The molecule has 10 nitrogen and oxygen atoms in total. The standard InChI is InChI=1S/C35H33N3O7S/c1-4-31(35(41)37-25-16-17-28-30(20-25)45-21-44-28)46-26-14-9-13-24(19-26)36-34(40)27(38-33(39)22-10-6-5-7-11-22)18-23-12-8-15-29(42-2)32(23)43-3/h5-20,31H,4,21H2,1-3H3,(H,36,40)(H,37,41)(H,38,39)/b27-18+. The molecule has 1 atom stereocenters. The SMILES string of the molecule is CCC(Sc1cccc(NC(=O)/C(=C\c2cccc(OC)c2OC)NC(=O)c2ccccc2)c1)C(=O)Nc1ccc2c(c1)OCO2. The molecule has 4 aromatic carbocycles. The lowest BCUT2D eigenvalue weighted by molar-refractivity contribution is -0.116. The van der Waals surface area contributed by atoms with E-state index in [4.69, 9.17) is 18.9 Å². The third-order valence-corrected chi connectivity index (χ3v) is 8.29. The van der Waals surface area contributed by atoms with E-state index < -0.39 is 17.1 Å². The maximum Gasteiger partial charge on any atom is 0.272 e. The average molecular weight is 640 g/mol. The lowest BCUT2D eigenvalue weighted by Crippen LogP contribution is -2.30. The second kappa shape index (κ2) is 15.0. The van der Waals surface area contributed by atoms with Crippen LogP contribution in [0.2, 0.25) is 0 Å². The predicted octanol–water partition coefficient (Wildman–Crippen LogP) is 6.35. The number of methoxy groups -OCH3 is 2. The molecule has 3 N–H and O–H groups in total. The van der Waals surface area contributed by atoms with Crippen molar-refractivity contribution in [1.29, 1.82) is 0 Å². The average Bonchev–Trinajstić information content (AvgIpc) is 3.55. The lowest BCUT2D eigenvalue weighted by atomic mass is 10.1. The summed E-state index contributed by atoms with van der Waals surface area (Å²) >= 11 is 1.38. The number of fused-ring (bicyclic) bond motifs is 1. The Kier molecular flexibility index (Phi) is 10.5. The largest absolute Gasteiger partial charge is 0.493 e. The fourth-order valence-electron chi connectivity index (χ4n) is 4.65. The van der Waals surface area contributed by atoms with Crippen molar-refractivity contribution in [2.75, 3.05) is 31.6 Å². The van der Waals surface area contributed by atoms with Crippen LogP contribution in [0.15, 0.2) is 102 Å². The highest BCUT2D eigenvalue weighted by molar-refractivity contribution is 8.00. The van der Waals surface area contributed by atoms with E-state index in [-0.39, 0.29) is 18.4 Å². The second-order valence-corrected chi connectivity index (χ2v) is 11.3. The first-order chi connectivity index (χ1) is 22.4. The fourth-order valence-corrected chi connectivity index (χ4v) is 5.67. The van der Waals surface area contributed by atoms with Gasteiger partial charge in [0.1, 0.15) is 5.70 Å². The van der Waals surface area contributed by atoms with Crippen molar-refractivity contribution < 1.29 is 33.3 Å². The number of rotatable bonds is 12. The molecule has 0 radical (unpaired) electrons. The van der Waals surface area contributed by atoms with Crippen LogP contribution in [0.25, 0.3) is 6.08 Å². The zero-order valence-corrected chi connectivity index (χ0v) is 26.3. The van der Waals surface area contributed by atoms with Gasteiger partial charge >= 0.3 is 0 Å². The summed E-state index contributed by atoms with van der Waals surface area (Å²) in [5.41, 5.74) is 2.01. The van der Waals surface area contributed by atoms with Crippen LogP contribution >= 0.6 is 11.8 Å². The van der Waals surface area contributed by atoms with Gasteiger partial charge in [0.2, 0.25) is 12.7 Å². The van der Waals surface area contributed by atoms with Crippen LogP contribution in [0.4, 0.5) is 11.4 Å². The van der Waals surface area contributed by atoms with Gasteiger partial charge in [-0.25, -0.2) is 0 Å². The maximum absolute atomic E-state index is 13.7. The number of ether oxygens (including phenoxy) is 4. The normalized spacial score (nSPS) is 12.5. The van der Waals surface area contributed by atoms with Crippen LogP contribution in [0.3, 0.4) is 0 Å². The number of anilines is 2. The van der Waals surface area contributed by atoms with E-state index >= 15 is 0 Å². The highest BCUT2D eigenvalue weighted by Gasteiger charge is 2.21. The Balaban J connectivity index is 1.34. The zero-order chi connectivity index (χ0) is 32.5. The zero-order valence-electron chi connectivity index (χ0n) is 25.5. The number of hydrogen-bond donors (Lipinski definition) is 3. The van der Waals surface area contributed by atoms with E-state index in [1.807, 2.05) is 13.0 Å². The van der Waals surface area contributed by atoms with E-state index in [0.717, 1.165) is 4.90 Å². The molecule has 1 aliphatic rings. The molecule has 0 aliphatic carbocycles. The molecule has 4 aromatic rings. The van der Waals surface area contributed by atoms with Gasteiger partial charge in [-0.2, -0.15) is 0 Å². The number of carbonyl (C=O) groups is 3. The van der Waals surface area contributed by atoms with E-state index in [9.17, 15) is 14.4 Å². The Morgan fingerprint density at radius 2 is 1.61 bits per heavy atom. The monoisotopic (exact) mass is 639 g/mol. The molecule has 46 heavy (non-hydrogen) atoms. The van der Waals surface area contributed by atoms with Crippen molar-refractivity contribution in [3.63, 3.8) is 0 Å². The molecule has 1 unspecified atom stereocenters. The highest BCUT2D eigenvalue weighted by Crippen LogP contribution is 2.35. The van der Waals surface area contributed by atoms with Crippen molar-refractivity contribution in [3.05, 3.63) is 108 Å². The third kappa shape index (κ3) is 7.80. The first-order valence-corrected chi connectivity index (χ1v) is 15.3. The number of amides is 3. The van der Waals surface area contributed by atoms with Crippen LogP contribution in [-0.4, -0.2) is 44.0 Å². The first-order valence-electron chi connectivity index (χ1n) is 14.5. The van der Waals surface area contributed by atoms with Crippen LogP contribution < -0.4 is 34.9 Å². The summed E-state index contributed by atoms with van der Waals surface area (Å²) in [5.74, 6) is 0.937. The molecule has 1 heterocycles. The molecule has 0 saturated heterocycles. The Labute approximate surface area is 271 Å². The molecule has 5 rings (SSSR count). The van der Waals surface area contributed by atoms with Crippen LogP contribution in [0, 0.1) is 0 Å². The quantitative estimate of drug-likeness (QED) is 0.121. The molecule has 0 spiro atoms. The summed E-state index contributed by atoms with van der Waals surface area (Å²) < 4.78 is 21.7. The second-order valence-electron chi connectivity index (χ2n) is 10.0. The van der Waals surface area contributed by atoms with Gasteiger partial charge < -0.3 is 34.9 Å². The van der Waals surface area contributed by atoms with Crippen molar-refractivity contribution in [2.45, 2.75) is 23.5 Å². The Bertz CT molecular complexity index is 1760. The number of benzene rings is 4. The lowest BCUT2D eigenvalue weighted by Gasteiger charge is -2.16. The van der Waals surface area contributed by atoms with Gasteiger partial charge in [-0.3, -0.25) is 14.4 Å². The van der Waals surface area contributed by atoms with Gasteiger partial charge in [-0.15, -0.1) is 11.8 Å². The number of hydrogen-bond acceptors (Lipinski definition) is 8. The summed E-state index contributed by atoms with van der Waals surface area (Å²) in [6.45, 7) is 2.08. The van der Waals surface area contributed by atoms with Crippen molar-refractivity contribution >= 4 is 46.9 Å². The van der Waals surface area contributed by atoms with Crippen LogP contribution in [-0.2, 0) is 9.59 Å². The third-order valence-electron chi connectivity index (χ3n) is 6.94. The van der Waals surface area contributed by atoms with Crippen molar-refractivity contribution in [1.82, 2.24) is 5.32 Å². The molecule has 3 amide bonds. The highest BCUT2D eigenvalue weighted by atomic mass is 32.2. The minimum atomic E-state index is -0.552. The number of nitrogens with one attached hydrogen (secondary N) is 3. The molecule has 0 aromatic heterocycles. The molecule has 0 bridgehead atoms. The molecule has 11 heteroatoms. The van der Waals surface area contributed by atoms with Gasteiger partial charge in [0.05, 0.1) is 19.5 Å². The van der Waals surface area contributed by atoms with E-state index in [1.54, 1.807) is 84.9 Å². The van der Waals surface area contributed by atoms with E-state index in [1.165, 1.54) is 32.1 Å². The van der Waals surface area contributed by atoms with Gasteiger partial charge in [0, 0.05) is 33.5 Å². The summed E-state index contributed by atoms with van der Waals surface area (Å²) in [4.78, 5) is 40.7. The van der Waals surface area contributed by atoms with Crippen molar-refractivity contribution in [2.24, 2.45) is 0 Å².